The van der Waals surface area contributed by atoms with E-state index in [1.165, 1.54) is 5.56 Å². The predicted molar refractivity (Wildman–Crippen MR) is 87.8 cm³/mol. The van der Waals surface area contributed by atoms with E-state index >= 15 is 0 Å². The Morgan fingerprint density at radius 3 is 2.43 bits per heavy atom. The zero-order valence-corrected chi connectivity index (χ0v) is 13.2. The van der Waals surface area contributed by atoms with Gasteiger partial charge in [-0.2, -0.15) is 0 Å². The van der Waals surface area contributed by atoms with Gasteiger partial charge in [-0.1, -0.05) is 42.5 Å². The van der Waals surface area contributed by atoms with E-state index < -0.39 is 0 Å². The van der Waals surface area contributed by atoms with Crippen molar-refractivity contribution < 1.29 is 4.79 Å². The molecule has 0 atom stereocenters. The molecule has 2 N–H and O–H groups in total. The maximum atomic E-state index is 12.4. The summed E-state index contributed by atoms with van der Waals surface area (Å²) in [5.74, 6) is 0.130. The van der Waals surface area contributed by atoms with Crippen LogP contribution in [0.15, 0.2) is 42.5 Å². The Balaban J connectivity index is 2.64. The molecular weight excluding hydrogens is 262 g/mol. The van der Waals surface area contributed by atoms with Crippen molar-refractivity contribution in [2.24, 2.45) is 5.73 Å². The van der Waals surface area contributed by atoms with Gasteiger partial charge in [0.1, 0.15) is 0 Å². The average Bonchev–Trinajstić information content (AvgIpc) is 2.45. The first-order valence-corrected chi connectivity index (χ1v) is 7.45. The van der Waals surface area contributed by atoms with Crippen LogP contribution in [0, 0.1) is 0 Å². The molecule has 1 rings (SSSR count). The van der Waals surface area contributed by atoms with E-state index in [9.17, 15) is 4.79 Å². The molecule has 1 aromatic rings. The highest BCUT2D eigenvalue weighted by molar-refractivity contribution is 5.78. The average molecular weight is 289 g/mol. The summed E-state index contributed by atoms with van der Waals surface area (Å²) in [6, 6.07) is 10.2. The topological polar surface area (TPSA) is 49.6 Å². The summed E-state index contributed by atoms with van der Waals surface area (Å²) in [4.78, 5) is 16.3. The highest BCUT2D eigenvalue weighted by Gasteiger charge is 2.16. The maximum Gasteiger partial charge on any atom is 0.237 e. The van der Waals surface area contributed by atoms with E-state index in [1.807, 2.05) is 36.9 Å². The summed E-state index contributed by atoms with van der Waals surface area (Å²) >= 11 is 0. The van der Waals surface area contributed by atoms with E-state index in [4.69, 9.17) is 5.73 Å². The van der Waals surface area contributed by atoms with Crippen LogP contribution < -0.4 is 5.73 Å². The van der Waals surface area contributed by atoms with Crippen molar-refractivity contribution in [3.8, 4) is 0 Å². The lowest BCUT2D eigenvalue weighted by Crippen LogP contribution is -2.42. The highest BCUT2D eigenvalue weighted by atomic mass is 16.2. The van der Waals surface area contributed by atoms with Crippen molar-refractivity contribution in [2.45, 2.75) is 20.4 Å². The molecule has 116 valence electrons. The number of rotatable bonds is 9. The number of benzene rings is 1. The van der Waals surface area contributed by atoms with Gasteiger partial charge < -0.3 is 10.6 Å². The molecule has 0 radical (unpaired) electrons. The van der Waals surface area contributed by atoms with Gasteiger partial charge >= 0.3 is 0 Å². The van der Waals surface area contributed by atoms with Crippen LogP contribution in [0.25, 0.3) is 0 Å². The summed E-state index contributed by atoms with van der Waals surface area (Å²) in [6.45, 7) is 11.5. The molecule has 0 saturated heterocycles. The smallest absolute Gasteiger partial charge is 0.237 e. The van der Waals surface area contributed by atoms with Crippen molar-refractivity contribution in [2.75, 3.05) is 32.7 Å². The highest BCUT2D eigenvalue weighted by Crippen LogP contribution is 2.05. The maximum absolute atomic E-state index is 12.4. The molecule has 0 bridgehead atoms. The number of nitrogens with two attached hydrogens (primary N) is 1. The first-order chi connectivity index (χ1) is 10.1. The van der Waals surface area contributed by atoms with Crippen molar-refractivity contribution in [3.05, 3.63) is 48.0 Å². The third-order valence-electron chi connectivity index (χ3n) is 3.25. The van der Waals surface area contributed by atoms with Crippen LogP contribution in [-0.2, 0) is 11.3 Å². The van der Waals surface area contributed by atoms with Crippen LogP contribution in [0.3, 0.4) is 0 Å². The fourth-order valence-corrected chi connectivity index (χ4v) is 2.23. The first kappa shape index (κ1) is 17.4. The quantitative estimate of drug-likeness (QED) is 0.706. The predicted octanol–water partition coefficient (Wildman–Crippen LogP) is 1.87. The zero-order chi connectivity index (χ0) is 15.7. The monoisotopic (exact) mass is 289 g/mol. The minimum absolute atomic E-state index is 0.130. The second-order valence-corrected chi connectivity index (χ2v) is 5.35. The van der Waals surface area contributed by atoms with Gasteiger partial charge in [0.05, 0.1) is 6.54 Å². The van der Waals surface area contributed by atoms with E-state index in [-0.39, 0.29) is 5.91 Å². The van der Waals surface area contributed by atoms with Crippen molar-refractivity contribution in [1.82, 2.24) is 9.80 Å². The van der Waals surface area contributed by atoms with Crippen LogP contribution >= 0.6 is 0 Å². The van der Waals surface area contributed by atoms with Crippen LogP contribution in [0.5, 0.6) is 0 Å². The van der Waals surface area contributed by atoms with Gasteiger partial charge in [-0.3, -0.25) is 9.69 Å². The normalized spacial score (nSPS) is 10.7. The Kier molecular flexibility index (Phi) is 7.72. The lowest BCUT2D eigenvalue weighted by atomic mass is 10.2. The van der Waals surface area contributed by atoms with Gasteiger partial charge in [-0.05, 0) is 19.4 Å². The minimum Gasteiger partial charge on any atom is -0.338 e. The summed E-state index contributed by atoms with van der Waals surface area (Å²) in [7, 11) is 0. The molecule has 0 aliphatic heterocycles. The van der Waals surface area contributed by atoms with Crippen LogP contribution in [-0.4, -0.2) is 48.4 Å². The minimum atomic E-state index is 0.130. The Hall–Kier alpha value is -1.65. The SMILES string of the molecule is C=C(C)CN(CC)C(=O)CN(CCN)Cc1ccccc1. The van der Waals surface area contributed by atoms with Crippen LogP contribution in [0.4, 0.5) is 0 Å². The van der Waals surface area contributed by atoms with Gasteiger partial charge in [0.25, 0.3) is 0 Å². The molecule has 0 heterocycles. The molecule has 21 heavy (non-hydrogen) atoms. The molecule has 0 unspecified atom stereocenters. The first-order valence-electron chi connectivity index (χ1n) is 7.45. The van der Waals surface area contributed by atoms with Crippen LogP contribution in [0.1, 0.15) is 19.4 Å². The van der Waals surface area contributed by atoms with Crippen molar-refractivity contribution >= 4 is 5.91 Å². The number of carbonyl (C=O) groups is 1. The van der Waals surface area contributed by atoms with E-state index in [2.05, 4.69) is 23.6 Å². The molecule has 0 aliphatic rings. The number of hydrogen-bond acceptors (Lipinski definition) is 3. The van der Waals surface area contributed by atoms with Crippen LogP contribution in [0.2, 0.25) is 0 Å². The zero-order valence-electron chi connectivity index (χ0n) is 13.2. The Bertz CT molecular complexity index is 445. The third-order valence-corrected chi connectivity index (χ3v) is 3.25. The Morgan fingerprint density at radius 2 is 1.90 bits per heavy atom. The lowest BCUT2D eigenvalue weighted by Gasteiger charge is -2.26. The van der Waals surface area contributed by atoms with Gasteiger partial charge in [0.15, 0.2) is 0 Å². The molecule has 0 fully saturated rings. The summed E-state index contributed by atoms with van der Waals surface area (Å²) in [5, 5.41) is 0. The Labute approximate surface area is 128 Å². The number of hydrogen-bond donors (Lipinski definition) is 1. The molecule has 0 aromatic heterocycles. The van der Waals surface area contributed by atoms with Gasteiger partial charge in [0, 0.05) is 32.7 Å². The fourth-order valence-electron chi connectivity index (χ4n) is 2.23. The molecule has 4 nitrogen and oxygen atoms in total. The van der Waals surface area contributed by atoms with Gasteiger partial charge in [0.2, 0.25) is 5.91 Å². The third kappa shape index (κ3) is 6.56. The molecule has 1 amide bonds. The van der Waals surface area contributed by atoms with Gasteiger partial charge in [-0.25, -0.2) is 0 Å². The van der Waals surface area contributed by atoms with Gasteiger partial charge in [-0.15, -0.1) is 0 Å². The number of carbonyl (C=O) groups excluding carboxylic acids is 1. The lowest BCUT2D eigenvalue weighted by molar-refractivity contribution is -0.131. The molecular formula is C17H27N3O. The molecule has 1 aromatic carbocycles. The van der Waals surface area contributed by atoms with E-state index in [0.29, 0.717) is 32.7 Å². The van der Waals surface area contributed by atoms with E-state index in [1.54, 1.807) is 0 Å². The summed E-state index contributed by atoms with van der Waals surface area (Å²) in [6.07, 6.45) is 0. The number of amides is 1. The second-order valence-electron chi connectivity index (χ2n) is 5.35. The largest absolute Gasteiger partial charge is 0.338 e. The van der Waals surface area contributed by atoms with Crippen molar-refractivity contribution in [1.29, 1.82) is 0 Å². The Morgan fingerprint density at radius 1 is 1.24 bits per heavy atom. The summed E-state index contributed by atoms with van der Waals surface area (Å²) < 4.78 is 0. The van der Waals surface area contributed by atoms with E-state index in [0.717, 1.165) is 12.1 Å². The fraction of sp³-hybridized carbons (Fsp3) is 0.471. The summed E-state index contributed by atoms with van der Waals surface area (Å²) in [5.41, 5.74) is 7.86. The molecule has 0 spiro atoms. The van der Waals surface area contributed by atoms with Crippen molar-refractivity contribution in [3.63, 3.8) is 0 Å². The molecule has 4 heteroatoms. The second kappa shape index (κ2) is 9.32. The molecule has 0 aliphatic carbocycles. The number of likely N-dealkylation sites (N-methyl/N-ethyl adjacent to an activating group) is 1. The molecule has 0 saturated carbocycles. The number of nitrogens with zero attached hydrogens (tertiary/aromatic N) is 2. The standard InChI is InChI=1S/C17H27N3O/c1-4-20(12-15(2)3)17(21)14-19(11-10-18)13-16-8-6-5-7-9-16/h5-9H,2,4,10-14,18H2,1,3H3.